The van der Waals surface area contributed by atoms with E-state index in [0.29, 0.717) is 60.0 Å². The molecule has 0 saturated carbocycles. The average Bonchev–Trinajstić information content (AvgIpc) is 3.31. The largest absolute Gasteiger partial charge is 0.497 e. The summed E-state index contributed by atoms with van der Waals surface area (Å²) in [5.74, 6) is -0.248. The first-order valence-corrected chi connectivity index (χ1v) is 12.3. The van der Waals surface area contributed by atoms with Gasteiger partial charge in [0, 0.05) is 29.9 Å². The zero-order chi connectivity index (χ0) is 26.4. The molecule has 0 bridgehead atoms. The quantitative estimate of drug-likeness (QED) is 0.319. The van der Waals surface area contributed by atoms with Crippen LogP contribution in [0.15, 0.2) is 48.5 Å². The Morgan fingerprint density at radius 1 is 1.05 bits per heavy atom. The molecule has 2 amide bonds. The third-order valence-corrected chi connectivity index (χ3v) is 6.12. The van der Waals surface area contributed by atoms with Crippen LogP contribution in [0, 0.1) is 0 Å². The molecular formula is C27H31N5O5. The van der Waals surface area contributed by atoms with E-state index in [1.807, 2.05) is 0 Å². The molecule has 3 N–H and O–H groups in total. The topological polar surface area (TPSA) is 129 Å². The van der Waals surface area contributed by atoms with Crippen molar-refractivity contribution >= 4 is 29.2 Å². The fourth-order valence-corrected chi connectivity index (χ4v) is 4.26. The van der Waals surface area contributed by atoms with E-state index >= 15 is 0 Å². The van der Waals surface area contributed by atoms with Gasteiger partial charge in [0.25, 0.3) is 5.91 Å². The number of nitrogens with zero attached hydrogens (tertiary/aromatic N) is 3. The number of carbonyl (C=O) groups excluding carboxylic acids is 3. The fourth-order valence-electron chi connectivity index (χ4n) is 4.26. The number of anilines is 2. The monoisotopic (exact) mass is 505 g/mol. The van der Waals surface area contributed by atoms with Gasteiger partial charge < -0.3 is 25.4 Å². The number of fused-ring (bicyclic) bond motifs is 1. The van der Waals surface area contributed by atoms with Crippen molar-refractivity contribution < 1.29 is 23.9 Å². The number of ether oxygens (including phenoxy) is 2. The van der Waals surface area contributed by atoms with Crippen LogP contribution in [0.3, 0.4) is 0 Å². The number of hydrogen-bond acceptors (Lipinski definition) is 7. The van der Waals surface area contributed by atoms with E-state index in [0.717, 1.165) is 12.8 Å². The molecule has 1 aliphatic rings. The summed E-state index contributed by atoms with van der Waals surface area (Å²) in [6.45, 7) is 2.87. The highest BCUT2D eigenvalue weighted by Gasteiger charge is 2.35. The molecule has 2 aromatic carbocycles. The molecule has 0 radical (unpaired) electrons. The lowest BCUT2D eigenvalue weighted by Gasteiger charge is -2.28. The summed E-state index contributed by atoms with van der Waals surface area (Å²) in [5.41, 5.74) is 8.46. The standard InChI is InChI=1S/C27H31N5O5/c1-3-37-27(35)24-22-15-17-31(19-9-7-18(8-10-19)29-23(33)6-4-5-16-28)26(34)25(22)32(30-24)20-11-13-21(36-2)14-12-20/h7-14H,3-6,15-17,28H2,1-2H3,(H,29,33). The number of esters is 1. The maximum Gasteiger partial charge on any atom is 0.359 e. The van der Waals surface area contributed by atoms with Gasteiger partial charge in [-0.2, -0.15) is 5.10 Å². The SMILES string of the molecule is CCOC(=O)c1nn(-c2ccc(OC)cc2)c2c1CCN(c1ccc(NC(=O)CCCCN)cc1)C2=O. The second-order valence-electron chi connectivity index (χ2n) is 8.55. The molecule has 0 unspecified atom stereocenters. The minimum Gasteiger partial charge on any atom is -0.497 e. The van der Waals surface area contributed by atoms with E-state index in [4.69, 9.17) is 15.2 Å². The summed E-state index contributed by atoms with van der Waals surface area (Å²) < 4.78 is 11.9. The van der Waals surface area contributed by atoms with Crippen molar-refractivity contribution in [3.63, 3.8) is 0 Å². The van der Waals surface area contributed by atoms with Crippen molar-refractivity contribution in [2.75, 3.05) is 37.0 Å². The van der Waals surface area contributed by atoms with Crippen LogP contribution < -0.4 is 20.7 Å². The smallest absolute Gasteiger partial charge is 0.359 e. The molecule has 2 heterocycles. The molecule has 10 heteroatoms. The molecule has 37 heavy (non-hydrogen) atoms. The first kappa shape index (κ1) is 25.9. The van der Waals surface area contributed by atoms with Crippen molar-refractivity contribution in [3.05, 3.63) is 65.5 Å². The lowest BCUT2D eigenvalue weighted by atomic mass is 10.0. The Balaban J connectivity index is 1.61. The lowest BCUT2D eigenvalue weighted by Crippen LogP contribution is -2.39. The predicted octanol–water partition coefficient (Wildman–Crippen LogP) is 3.33. The highest BCUT2D eigenvalue weighted by atomic mass is 16.5. The minimum absolute atomic E-state index is 0.0743. The Hall–Kier alpha value is -4.18. The molecule has 0 spiro atoms. The molecule has 10 nitrogen and oxygen atoms in total. The van der Waals surface area contributed by atoms with E-state index in [9.17, 15) is 14.4 Å². The van der Waals surface area contributed by atoms with Gasteiger partial charge in [-0.15, -0.1) is 0 Å². The summed E-state index contributed by atoms with van der Waals surface area (Å²) in [5, 5.41) is 7.36. The molecular weight excluding hydrogens is 474 g/mol. The number of rotatable bonds is 10. The van der Waals surface area contributed by atoms with Crippen LogP contribution in [-0.2, 0) is 16.0 Å². The van der Waals surface area contributed by atoms with Gasteiger partial charge in [0.05, 0.1) is 19.4 Å². The number of methoxy groups -OCH3 is 1. The summed E-state index contributed by atoms with van der Waals surface area (Å²) in [7, 11) is 1.57. The molecule has 3 aromatic rings. The van der Waals surface area contributed by atoms with Crippen LogP contribution >= 0.6 is 0 Å². The van der Waals surface area contributed by atoms with Crippen LogP contribution in [0.1, 0.15) is 52.7 Å². The second kappa shape index (κ2) is 11.7. The number of nitrogens with two attached hydrogens (primary N) is 1. The molecule has 194 valence electrons. The Bertz CT molecular complexity index is 1270. The first-order chi connectivity index (χ1) is 18.0. The number of carbonyl (C=O) groups is 3. The summed E-state index contributed by atoms with van der Waals surface area (Å²) in [4.78, 5) is 40.1. The molecule has 4 rings (SSSR count). The van der Waals surface area contributed by atoms with Gasteiger partial charge in [-0.25, -0.2) is 9.48 Å². The number of aromatic nitrogens is 2. The average molecular weight is 506 g/mol. The van der Waals surface area contributed by atoms with E-state index in [1.165, 1.54) is 4.68 Å². The number of hydrogen-bond donors (Lipinski definition) is 2. The van der Waals surface area contributed by atoms with Gasteiger partial charge in [-0.05, 0) is 81.3 Å². The Morgan fingerprint density at radius 2 is 1.76 bits per heavy atom. The Labute approximate surface area is 215 Å². The molecule has 1 aliphatic heterocycles. The Morgan fingerprint density at radius 3 is 2.41 bits per heavy atom. The number of unbranched alkanes of at least 4 members (excludes halogenated alkanes) is 1. The van der Waals surface area contributed by atoms with Crippen LogP contribution in [0.2, 0.25) is 0 Å². The second-order valence-corrected chi connectivity index (χ2v) is 8.55. The van der Waals surface area contributed by atoms with Gasteiger partial charge in [-0.1, -0.05) is 0 Å². The van der Waals surface area contributed by atoms with Gasteiger partial charge >= 0.3 is 5.97 Å². The summed E-state index contributed by atoms with van der Waals surface area (Å²) >= 11 is 0. The van der Waals surface area contributed by atoms with Crippen molar-refractivity contribution in [2.45, 2.75) is 32.6 Å². The van der Waals surface area contributed by atoms with Crippen molar-refractivity contribution in [1.29, 1.82) is 0 Å². The molecule has 0 atom stereocenters. The van der Waals surface area contributed by atoms with Crippen LogP contribution in [0.5, 0.6) is 5.75 Å². The Kier molecular flexibility index (Phi) is 8.19. The van der Waals surface area contributed by atoms with Gasteiger partial charge in [0.2, 0.25) is 5.91 Å². The van der Waals surface area contributed by atoms with Gasteiger partial charge in [0.1, 0.15) is 11.4 Å². The number of amides is 2. The third kappa shape index (κ3) is 5.64. The summed E-state index contributed by atoms with van der Waals surface area (Å²) in [6.07, 6.45) is 2.38. The maximum atomic E-state index is 13.7. The summed E-state index contributed by atoms with van der Waals surface area (Å²) in [6, 6.07) is 14.2. The van der Waals surface area contributed by atoms with Crippen molar-refractivity contribution in [1.82, 2.24) is 9.78 Å². The minimum atomic E-state index is -0.557. The highest BCUT2D eigenvalue weighted by Crippen LogP contribution is 2.30. The first-order valence-electron chi connectivity index (χ1n) is 12.3. The van der Waals surface area contributed by atoms with E-state index in [2.05, 4.69) is 10.4 Å². The molecule has 0 aliphatic carbocycles. The zero-order valence-electron chi connectivity index (χ0n) is 21.0. The lowest BCUT2D eigenvalue weighted by molar-refractivity contribution is -0.116. The highest BCUT2D eigenvalue weighted by molar-refractivity contribution is 6.09. The normalized spacial score (nSPS) is 12.7. The predicted molar refractivity (Wildman–Crippen MR) is 139 cm³/mol. The van der Waals surface area contributed by atoms with Crippen LogP contribution in [-0.4, -0.2) is 54.4 Å². The van der Waals surface area contributed by atoms with Crippen molar-refractivity contribution in [2.24, 2.45) is 5.73 Å². The van der Waals surface area contributed by atoms with Crippen LogP contribution in [0.4, 0.5) is 11.4 Å². The van der Waals surface area contributed by atoms with E-state index in [1.54, 1.807) is 67.5 Å². The van der Waals surface area contributed by atoms with Crippen LogP contribution in [0.25, 0.3) is 5.69 Å². The zero-order valence-corrected chi connectivity index (χ0v) is 21.0. The van der Waals surface area contributed by atoms with E-state index < -0.39 is 5.97 Å². The fraction of sp³-hybridized carbons (Fsp3) is 0.333. The van der Waals surface area contributed by atoms with Crippen molar-refractivity contribution in [3.8, 4) is 11.4 Å². The molecule has 0 saturated heterocycles. The third-order valence-electron chi connectivity index (χ3n) is 6.12. The van der Waals surface area contributed by atoms with E-state index in [-0.39, 0.29) is 24.1 Å². The number of benzene rings is 2. The maximum absolute atomic E-state index is 13.7. The van der Waals surface area contributed by atoms with Gasteiger partial charge in [0.15, 0.2) is 5.69 Å². The van der Waals surface area contributed by atoms with Gasteiger partial charge in [-0.3, -0.25) is 9.59 Å². The number of nitrogens with one attached hydrogen (secondary N) is 1. The molecule has 0 fully saturated rings. The molecule has 1 aromatic heterocycles.